The van der Waals surface area contributed by atoms with Crippen molar-refractivity contribution in [2.75, 3.05) is 18.5 Å². The topological polar surface area (TPSA) is 47.6 Å². The molecule has 4 nitrogen and oxygen atoms in total. The van der Waals surface area contributed by atoms with Crippen molar-refractivity contribution in [3.05, 3.63) is 36.4 Å². The highest BCUT2D eigenvalue weighted by Gasteiger charge is 2.17. The second-order valence-electron chi connectivity index (χ2n) is 4.64. The largest absolute Gasteiger partial charge is 0.489 e. The molecule has 102 valence electrons. The van der Waals surface area contributed by atoms with E-state index in [9.17, 15) is 4.79 Å². The summed E-state index contributed by atoms with van der Waals surface area (Å²) in [6, 6.07) is 5.67. The highest BCUT2D eigenvalue weighted by Crippen LogP contribution is 2.26. The minimum absolute atomic E-state index is 0.156. The second kappa shape index (κ2) is 6.38. The van der Waals surface area contributed by atoms with Crippen molar-refractivity contribution >= 4 is 11.6 Å². The standard InChI is InChI=1S/C15H19NO3/c1-3-15(17)16-13-7-6-11(2)9-14(13)19-10-12-5-4-8-18-12/h3,6-7,9,12H,1,4-5,8,10H2,2H3,(H,16,17). The number of nitrogens with one attached hydrogen (secondary N) is 1. The Labute approximate surface area is 113 Å². The highest BCUT2D eigenvalue weighted by atomic mass is 16.5. The third-order valence-corrected chi connectivity index (χ3v) is 3.03. The average molecular weight is 261 g/mol. The minimum Gasteiger partial charge on any atom is -0.489 e. The molecule has 1 aromatic rings. The molecule has 1 atom stereocenters. The Balaban J connectivity index is 2.05. The van der Waals surface area contributed by atoms with Crippen LogP contribution in [-0.2, 0) is 9.53 Å². The van der Waals surface area contributed by atoms with Gasteiger partial charge in [0.25, 0.3) is 0 Å². The first-order valence-corrected chi connectivity index (χ1v) is 6.47. The van der Waals surface area contributed by atoms with E-state index in [0.29, 0.717) is 18.0 Å². The predicted octanol–water partition coefficient (Wildman–Crippen LogP) is 2.68. The molecule has 1 amide bonds. The molecule has 1 unspecified atom stereocenters. The van der Waals surface area contributed by atoms with Crippen LogP contribution >= 0.6 is 0 Å². The fraction of sp³-hybridized carbons (Fsp3) is 0.400. The number of anilines is 1. The smallest absolute Gasteiger partial charge is 0.247 e. The van der Waals surface area contributed by atoms with Crippen molar-refractivity contribution in [2.45, 2.75) is 25.9 Å². The summed E-state index contributed by atoms with van der Waals surface area (Å²) in [5, 5.41) is 2.74. The number of hydrogen-bond acceptors (Lipinski definition) is 3. The van der Waals surface area contributed by atoms with Crippen LogP contribution in [0.5, 0.6) is 5.75 Å². The molecule has 1 saturated heterocycles. The lowest BCUT2D eigenvalue weighted by Gasteiger charge is -2.15. The summed E-state index contributed by atoms with van der Waals surface area (Å²) >= 11 is 0. The molecule has 1 aliphatic heterocycles. The van der Waals surface area contributed by atoms with Gasteiger partial charge in [0.1, 0.15) is 12.4 Å². The maximum absolute atomic E-state index is 11.4. The van der Waals surface area contributed by atoms with E-state index in [1.807, 2.05) is 25.1 Å². The van der Waals surface area contributed by atoms with Gasteiger partial charge in [0.2, 0.25) is 5.91 Å². The monoisotopic (exact) mass is 261 g/mol. The van der Waals surface area contributed by atoms with Crippen LogP contribution < -0.4 is 10.1 Å². The summed E-state index contributed by atoms with van der Waals surface area (Å²) in [7, 11) is 0. The van der Waals surface area contributed by atoms with Gasteiger partial charge < -0.3 is 14.8 Å². The van der Waals surface area contributed by atoms with E-state index in [-0.39, 0.29) is 12.0 Å². The maximum atomic E-state index is 11.4. The van der Waals surface area contributed by atoms with Gasteiger partial charge in [-0.3, -0.25) is 4.79 Å². The average Bonchev–Trinajstić information content (AvgIpc) is 2.92. The van der Waals surface area contributed by atoms with Gasteiger partial charge >= 0.3 is 0 Å². The van der Waals surface area contributed by atoms with Crippen LogP contribution in [0.1, 0.15) is 18.4 Å². The molecule has 1 N–H and O–H groups in total. The Kier molecular flexibility index (Phi) is 4.58. The molecule has 0 aromatic heterocycles. The van der Waals surface area contributed by atoms with Crippen molar-refractivity contribution < 1.29 is 14.3 Å². The zero-order valence-electron chi connectivity index (χ0n) is 11.1. The molecular formula is C15H19NO3. The third-order valence-electron chi connectivity index (χ3n) is 3.03. The number of carbonyl (C=O) groups is 1. The third kappa shape index (κ3) is 3.83. The molecule has 0 saturated carbocycles. The van der Waals surface area contributed by atoms with E-state index >= 15 is 0 Å². The van der Waals surface area contributed by atoms with Crippen LogP contribution in [0.15, 0.2) is 30.9 Å². The van der Waals surface area contributed by atoms with Gasteiger partial charge in [-0.2, -0.15) is 0 Å². The number of amides is 1. The van der Waals surface area contributed by atoms with Crippen molar-refractivity contribution in [1.82, 2.24) is 0 Å². The van der Waals surface area contributed by atoms with Gasteiger partial charge in [-0.25, -0.2) is 0 Å². The molecule has 1 aliphatic rings. The molecule has 1 fully saturated rings. The Morgan fingerprint density at radius 3 is 3.16 bits per heavy atom. The van der Waals surface area contributed by atoms with Crippen LogP contribution in [0.3, 0.4) is 0 Å². The molecular weight excluding hydrogens is 242 g/mol. The van der Waals surface area contributed by atoms with E-state index in [2.05, 4.69) is 11.9 Å². The van der Waals surface area contributed by atoms with Crippen molar-refractivity contribution in [3.63, 3.8) is 0 Å². The molecule has 1 heterocycles. The fourth-order valence-electron chi connectivity index (χ4n) is 1.99. The summed E-state index contributed by atoms with van der Waals surface area (Å²) in [5.41, 5.74) is 1.74. The van der Waals surface area contributed by atoms with E-state index in [4.69, 9.17) is 9.47 Å². The fourth-order valence-corrected chi connectivity index (χ4v) is 1.99. The van der Waals surface area contributed by atoms with Crippen LogP contribution in [0.25, 0.3) is 0 Å². The summed E-state index contributed by atoms with van der Waals surface area (Å²) < 4.78 is 11.3. The number of hydrogen-bond donors (Lipinski definition) is 1. The maximum Gasteiger partial charge on any atom is 0.247 e. The summed E-state index contributed by atoms with van der Waals surface area (Å²) in [5.74, 6) is 0.427. The quantitative estimate of drug-likeness (QED) is 0.829. The lowest BCUT2D eigenvalue weighted by atomic mass is 10.2. The Bertz CT molecular complexity index is 464. The first kappa shape index (κ1) is 13.6. The zero-order valence-corrected chi connectivity index (χ0v) is 11.1. The SMILES string of the molecule is C=CC(=O)Nc1ccc(C)cc1OCC1CCCO1. The van der Waals surface area contributed by atoms with Gasteiger partial charge in [0.05, 0.1) is 11.8 Å². The summed E-state index contributed by atoms with van der Waals surface area (Å²) in [6.07, 6.45) is 3.51. The highest BCUT2D eigenvalue weighted by molar-refractivity contribution is 5.99. The van der Waals surface area contributed by atoms with Gasteiger partial charge in [0, 0.05) is 6.61 Å². The van der Waals surface area contributed by atoms with Gasteiger partial charge in [-0.15, -0.1) is 0 Å². The number of carbonyl (C=O) groups excluding carboxylic acids is 1. The normalized spacial score (nSPS) is 18.1. The lowest BCUT2D eigenvalue weighted by molar-refractivity contribution is -0.111. The second-order valence-corrected chi connectivity index (χ2v) is 4.64. The van der Waals surface area contributed by atoms with Crippen LogP contribution in [0.4, 0.5) is 5.69 Å². The lowest BCUT2D eigenvalue weighted by Crippen LogP contribution is -2.17. The Morgan fingerprint density at radius 1 is 1.63 bits per heavy atom. The van der Waals surface area contributed by atoms with E-state index in [1.54, 1.807) is 0 Å². The predicted molar refractivity (Wildman–Crippen MR) is 74.5 cm³/mol. The van der Waals surface area contributed by atoms with E-state index < -0.39 is 0 Å². The number of rotatable bonds is 5. The summed E-state index contributed by atoms with van der Waals surface area (Å²) in [6.45, 7) is 6.75. The summed E-state index contributed by atoms with van der Waals surface area (Å²) in [4.78, 5) is 11.4. The van der Waals surface area contributed by atoms with Crippen LogP contribution in [-0.4, -0.2) is 25.2 Å². The first-order chi connectivity index (χ1) is 9.19. The van der Waals surface area contributed by atoms with Gasteiger partial charge in [0.15, 0.2) is 0 Å². The van der Waals surface area contributed by atoms with Gasteiger partial charge in [-0.1, -0.05) is 12.6 Å². The molecule has 0 spiro atoms. The molecule has 4 heteroatoms. The van der Waals surface area contributed by atoms with Gasteiger partial charge in [-0.05, 0) is 43.5 Å². The van der Waals surface area contributed by atoms with Crippen molar-refractivity contribution in [1.29, 1.82) is 0 Å². The van der Waals surface area contributed by atoms with Crippen molar-refractivity contribution in [2.24, 2.45) is 0 Å². The zero-order chi connectivity index (χ0) is 13.7. The first-order valence-electron chi connectivity index (χ1n) is 6.47. The Morgan fingerprint density at radius 2 is 2.47 bits per heavy atom. The molecule has 0 bridgehead atoms. The minimum atomic E-state index is -0.245. The van der Waals surface area contributed by atoms with E-state index in [0.717, 1.165) is 25.0 Å². The van der Waals surface area contributed by atoms with E-state index in [1.165, 1.54) is 6.08 Å². The number of ether oxygens (including phenoxy) is 2. The molecule has 1 aromatic carbocycles. The van der Waals surface area contributed by atoms with Crippen LogP contribution in [0, 0.1) is 6.92 Å². The number of aryl methyl sites for hydroxylation is 1. The Hall–Kier alpha value is -1.81. The van der Waals surface area contributed by atoms with Crippen molar-refractivity contribution in [3.8, 4) is 5.75 Å². The van der Waals surface area contributed by atoms with Crippen LogP contribution in [0.2, 0.25) is 0 Å². The molecule has 19 heavy (non-hydrogen) atoms. The molecule has 0 aliphatic carbocycles. The number of benzene rings is 1. The molecule has 2 rings (SSSR count). The molecule has 0 radical (unpaired) electrons.